The van der Waals surface area contributed by atoms with E-state index in [-0.39, 0.29) is 34.7 Å². The predicted molar refractivity (Wildman–Crippen MR) is 154 cm³/mol. The molecule has 0 radical (unpaired) electrons. The van der Waals surface area contributed by atoms with E-state index in [1.807, 2.05) is 13.8 Å². The van der Waals surface area contributed by atoms with Crippen molar-refractivity contribution in [1.82, 2.24) is 0 Å². The summed E-state index contributed by atoms with van der Waals surface area (Å²) >= 11 is 0. The van der Waals surface area contributed by atoms with E-state index in [1.165, 1.54) is 5.57 Å². The number of aliphatic hydroxyl groups is 6. The van der Waals surface area contributed by atoms with Crippen molar-refractivity contribution in [2.24, 2.45) is 46.3 Å². The Labute approximate surface area is 246 Å². The lowest BCUT2D eigenvalue weighted by Gasteiger charge is -2.63. The van der Waals surface area contributed by atoms with Gasteiger partial charge in [-0.2, -0.15) is 0 Å². The van der Waals surface area contributed by atoms with Crippen LogP contribution in [0.2, 0.25) is 0 Å². The van der Waals surface area contributed by atoms with E-state index in [9.17, 15) is 30.6 Å². The number of hydrogen-bond acceptors (Lipinski definition) is 8. The van der Waals surface area contributed by atoms with Gasteiger partial charge in [0.25, 0.3) is 0 Å². The molecule has 5 aliphatic rings. The number of allylic oxidation sites excluding steroid dienone is 1. The smallest absolute Gasteiger partial charge is 0.186 e. The van der Waals surface area contributed by atoms with Crippen molar-refractivity contribution in [3.8, 4) is 0 Å². The molecule has 0 amide bonds. The quantitative estimate of drug-likeness (QED) is 0.264. The average molecular weight is 581 g/mol. The number of rotatable bonds is 6. The Morgan fingerprint density at radius 3 is 2.34 bits per heavy atom. The molecule has 41 heavy (non-hydrogen) atoms. The fraction of sp³-hybridized carbons (Fsp3) is 0.939. The van der Waals surface area contributed by atoms with Gasteiger partial charge in [-0.05, 0) is 112 Å². The first-order chi connectivity index (χ1) is 19.2. The molecule has 17 atom stereocenters. The molecular weight excluding hydrogens is 524 g/mol. The number of fused-ring (bicyclic) bond motifs is 5. The molecular formula is C33H56O8. The zero-order valence-electron chi connectivity index (χ0n) is 25.9. The summed E-state index contributed by atoms with van der Waals surface area (Å²) in [6.07, 6.45) is 1.15. The minimum Gasteiger partial charge on any atom is -0.393 e. The van der Waals surface area contributed by atoms with E-state index in [1.54, 1.807) is 6.92 Å². The van der Waals surface area contributed by atoms with Crippen LogP contribution in [0.4, 0.5) is 0 Å². The van der Waals surface area contributed by atoms with E-state index in [2.05, 4.69) is 26.8 Å². The molecule has 8 nitrogen and oxygen atoms in total. The molecule has 0 unspecified atom stereocenters. The number of hydrogen-bond donors (Lipinski definition) is 6. The summed E-state index contributed by atoms with van der Waals surface area (Å²) in [5.74, 6) is 1.39. The second-order valence-electron chi connectivity index (χ2n) is 15.3. The predicted octanol–water partition coefficient (Wildman–Crippen LogP) is 3.15. The molecule has 6 N–H and O–H groups in total. The van der Waals surface area contributed by atoms with Crippen LogP contribution in [0.1, 0.15) is 92.9 Å². The van der Waals surface area contributed by atoms with Gasteiger partial charge in [-0.25, -0.2) is 0 Å². The molecule has 5 fully saturated rings. The largest absolute Gasteiger partial charge is 0.393 e. The summed E-state index contributed by atoms with van der Waals surface area (Å²) in [6.45, 7) is 12.5. The zero-order chi connectivity index (χ0) is 30.0. The monoisotopic (exact) mass is 580 g/mol. The van der Waals surface area contributed by atoms with Gasteiger partial charge in [0.15, 0.2) is 6.29 Å². The molecule has 0 bridgehead atoms. The Morgan fingerprint density at radius 1 is 0.951 bits per heavy atom. The van der Waals surface area contributed by atoms with Gasteiger partial charge >= 0.3 is 0 Å². The maximum Gasteiger partial charge on any atom is 0.186 e. The summed E-state index contributed by atoms with van der Waals surface area (Å²) in [6, 6.07) is 0. The van der Waals surface area contributed by atoms with Crippen molar-refractivity contribution >= 4 is 0 Å². The van der Waals surface area contributed by atoms with Gasteiger partial charge in [0.2, 0.25) is 0 Å². The maximum absolute atomic E-state index is 11.5. The zero-order valence-corrected chi connectivity index (χ0v) is 25.9. The van der Waals surface area contributed by atoms with Crippen molar-refractivity contribution < 1.29 is 40.1 Å². The minimum absolute atomic E-state index is 0.00584. The van der Waals surface area contributed by atoms with Crippen molar-refractivity contribution in [2.45, 2.75) is 148 Å². The van der Waals surface area contributed by atoms with Crippen molar-refractivity contribution in [3.63, 3.8) is 0 Å². The second-order valence-corrected chi connectivity index (χ2v) is 15.3. The van der Waals surface area contributed by atoms with Crippen LogP contribution in [0.25, 0.3) is 0 Å². The van der Waals surface area contributed by atoms with Crippen molar-refractivity contribution in [3.05, 3.63) is 11.6 Å². The molecule has 1 heterocycles. The molecule has 8 heteroatoms. The molecule has 236 valence electrons. The molecule has 1 aliphatic heterocycles. The Morgan fingerprint density at radius 2 is 1.66 bits per heavy atom. The highest BCUT2D eigenvalue weighted by Crippen LogP contribution is 2.68. The van der Waals surface area contributed by atoms with E-state index >= 15 is 0 Å². The first-order valence-electron chi connectivity index (χ1n) is 16.2. The van der Waals surface area contributed by atoms with Crippen LogP contribution in [0.5, 0.6) is 0 Å². The van der Waals surface area contributed by atoms with Crippen molar-refractivity contribution in [1.29, 1.82) is 0 Å². The number of ether oxygens (including phenoxy) is 2. The van der Waals surface area contributed by atoms with Gasteiger partial charge in [-0.1, -0.05) is 32.4 Å². The summed E-state index contributed by atoms with van der Waals surface area (Å²) in [5.41, 5.74) is 0.880. The Balaban J connectivity index is 1.39. The molecule has 0 aromatic rings. The molecule has 4 aliphatic carbocycles. The molecule has 5 rings (SSSR count). The average Bonchev–Trinajstić information content (AvgIpc) is 3.19. The van der Waals surface area contributed by atoms with Crippen LogP contribution in [0.3, 0.4) is 0 Å². The lowest BCUT2D eigenvalue weighted by Crippen LogP contribution is -2.63. The lowest BCUT2D eigenvalue weighted by molar-refractivity contribution is -0.328. The van der Waals surface area contributed by atoms with Crippen LogP contribution < -0.4 is 0 Å². The fourth-order valence-electron chi connectivity index (χ4n) is 10.6. The minimum atomic E-state index is -1.37. The first kappa shape index (κ1) is 31.8. The molecule has 0 aromatic heterocycles. The summed E-state index contributed by atoms with van der Waals surface area (Å²) in [7, 11) is 0. The van der Waals surface area contributed by atoms with E-state index in [0.29, 0.717) is 30.6 Å². The topological polar surface area (TPSA) is 140 Å². The number of aliphatic hydroxyl groups excluding tert-OH is 6. The first-order valence-corrected chi connectivity index (χ1v) is 16.2. The Bertz CT molecular complexity index is 954. The molecule has 1 saturated heterocycles. The van der Waals surface area contributed by atoms with Gasteiger partial charge in [0.1, 0.15) is 18.3 Å². The third-order valence-corrected chi connectivity index (χ3v) is 12.9. The van der Waals surface area contributed by atoms with Crippen LogP contribution >= 0.6 is 0 Å². The second kappa shape index (κ2) is 11.7. The third kappa shape index (κ3) is 5.37. The maximum atomic E-state index is 11.5. The third-order valence-electron chi connectivity index (χ3n) is 12.9. The Kier molecular flexibility index (Phi) is 9.11. The van der Waals surface area contributed by atoms with Gasteiger partial charge in [-0.15, -0.1) is 0 Å². The van der Waals surface area contributed by atoms with Gasteiger partial charge in [-0.3, -0.25) is 0 Å². The SMILES string of the molecule is CC(C)=CC[C@H](O)[C@@H](C)[C@H]1[C@@H](O)C[C@H]2[C@@H]3CC[C@H]4C[C@@H](O)C[C@@H](O[C@@H]5O[C@@H](C)[C@H](O)[C@@H](O)[C@H]5O)[C@]4(C)[C@H]3CC[C@]12C. The van der Waals surface area contributed by atoms with E-state index in [0.717, 1.165) is 38.5 Å². The standard InChI is InChI=1S/C33H56O8/c1-16(2)7-10-24(35)17(3)27-25(36)15-23-21-9-8-19-13-20(34)14-26(33(19,6)22(21)11-12-32(23,27)5)41-31-30(39)29(38)28(37)18(4)40-31/h7,17-31,34-39H,8-15H2,1-6H3/t17-,18+,19+,20-,21-,22+,23+,24+,25+,26-,27+,28+,29-,30-,31+,32+,33+/m1/s1. The summed E-state index contributed by atoms with van der Waals surface area (Å²) in [5, 5.41) is 64.8. The summed E-state index contributed by atoms with van der Waals surface area (Å²) in [4.78, 5) is 0. The van der Waals surface area contributed by atoms with Crippen LogP contribution in [0.15, 0.2) is 11.6 Å². The lowest BCUT2D eigenvalue weighted by atomic mass is 9.43. The van der Waals surface area contributed by atoms with Gasteiger partial charge < -0.3 is 40.1 Å². The normalized spacial score (nSPS) is 53.0. The highest BCUT2D eigenvalue weighted by atomic mass is 16.7. The van der Waals surface area contributed by atoms with Gasteiger partial charge in [0.05, 0.1) is 30.5 Å². The van der Waals surface area contributed by atoms with Crippen LogP contribution in [-0.4, -0.2) is 85.8 Å². The molecule has 4 saturated carbocycles. The van der Waals surface area contributed by atoms with E-state index < -0.39 is 49.0 Å². The van der Waals surface area contributed by atoms with Crippen LogP contribution in [0, 0.1) is 46.3 Å². The highest BCUT2D eigenvalue weighted by molar-refractivity contribution is 5.14. The molecule has 0 spiro atoms. The summed E-state index contributed by atoms with van der Waals surface area (Å²) < 4.78 is 12.4. The fourth-order valence-corrected chi connectivity index (χ4v) is 10.6. The molecule has 0 aromatic carbocycles. The van der Waals surface area contributed by atoms with Crippen LogP contribution in [-0.2, 0) is 9.47 Å². The van der Waals surface area contributed by atoms with E-state index in [4.69, 9.17) is 9.47 Å². The van der Waals surface area contributed by atoms with Gasteiger partial charge in [0, 0.05) is 6.42 Å². The van der Waals surface area contributed by atoms with Crippen molar-refractivity contribution in [2.75, 3.05) is 0 Å². The highest BCUT2D eigenvalue weighted by Gasteiger charge is 2.65. The Hall–Kier alpha value is -0.580.